The monoisotopic (exact) mass is 516 g/mol. The fourth-order valence-electron chi connectivity index (χ4n) is 3.05. The number of amides is 1. The van der Waals surface area contributed by atoms with Crippen molar-refractivity contribution in [1.29, 1.82) is 0 Å². The molecule has 0 radical (unpaired) electrons. The number of para-hydroxylation sites is 1. The number of aromatic nitrogens is 3. The second-order valence-corrected chi connectivity index (χ2v) is 8.26. The number of ether oxygens (including phenoxy) is 1. The second-order valence-electron chi connectivity index (χ2n) is 7.85. The van der Waals surface area contributed by atoms with Crippen LogP contribution in [-0.2, 0) is 7.05 Å². The highest BCUT2D eigenvalue weighted by Gasteiger charge is 2.34. The summed E-state index contributed by atoms with van der Waals surface area (Å²) in [6.07, 6.45) is -2.96. The van der Waals surface area contributed by atoms with Gasteiger partial charge in [-0.05, 0) is 32.0 Å². The van der Waals surface area contributed by atoms with Gasteiger partial charge < -0.3 is 15.2 Å². The van der Waals surface area contributed by atoms with Crippen LogP contribution in [-0.4, -0.2) is 37.4 Å². The zero-order valence-corrected chi connectivity index (χ0v) is 19.7. The molecule has 0 saturated heterocycles. The van der Waals surface area contributed by atoms with Crippen LogP contribution in [0.2, 0.25) is 5.02 Å². The van der Waals surface area contributed by atoms with Crippen molar-refractivity contribution in [3.05, 3.63) is 68.9 Å². The molecule has 2 atom stereocenters. The third-order valence-corrected chi connectivity index (χ3v) is 5.44. The molecule has 13 heteroatoms. The van der Waals surface area contributed by atoms with Crippen LogP contribution < -0.4 is 15.7 Å². The van der Waals surface area contributed by atoms with Crippen molar-refractivity contribution in [2.24, 2.45) is 7.05 Å². The molecule has 188 valence electrons. The Morgan fingerprint density at radius 1 is 1.23 bits per heavy atom. The molecule has 8 nitrogen and oxygen atoms in total. The Balaban J connectivity index is 2.16. The Labute approximate surface area is 201 Å². The predicted molar refractivity (Wildman–Crippen MR) is 119 cm³/mol. The summed E-state index contributed by atoms with van der Waals surface area (Å²) in [5.74, 6) is -7.13. The number of hydrogen-bond acceptors (Lipinski definition) is 5. The molecule has 0 fully saturated rings. The maximum atomic E-state index is 15.1. The summed E-state index contributed by atoms with van der Waals surface area (Å²) in [6, 6.07) is 5.10. The summed E-state index contributed by atoms with van der Waals surface area (Å²) in [6.45, 7) is 2.94. The first-order chi connectivity index (χ1) is 16.2. The normalized spacial score (nSPS) is 13.4. The number of aliphatic hydroxyl groups excluding tert-OH is 1. The second kappa shape index (κ2) is 9.70. The van der Waals surface area contributed by atoms with Crippen LogP contribution in [0.4, 0.5) is 23.2 Å². The molecule has 2 aromatic carbocycles. The number of halogens is 5. The fraction of sp³-hybridized carbons (Fsp3) is 0.318. The van der Waals surface area contributed by atoms with Gasteiger partial charge in [0.05, 0.1) is 16.3 Å². The van der Waals surface area contributed by atoms with E-state index in [4.69, 9.17) is 16.3 Å². The minimum absolute atomic E-state index is 0.0960. The van der Waals surface area contributed by atoms with Gasteiger partial charge in [0.25, 0.3) is 11.8 Å². The Morgan fingerprint density at radius 2 is 1.89 bits per heavy atom. The van der Waals surface area contributed by atoms with E-state index in [1.54, 1.807) is 0 Å². The van der Waals surface area contributed by atoms with Crippen LogP contribution in [0.15, 0.2) is 35.1 Å². The average Bonchev–Trinajstić information content (AvgIpc) is 3.05. The number of carbonyl (C=O) groups excluding carboxylic acids is 1. The molecule has 1 aromatic heterocycles. The number of carbonyl (C=O) groups is 1. The highest BCUT2D eigenvalue weighted by atomic mass is 35.5. The van der Waals surface area contributed by atoms with E-state index >= 15 is 4.39 Å². The summed E-state index contributed by atoms with van der Waals surface area (Å²) in [5.41, 5.74) is -2.36. The van der Waals surface area contributed by atoms with Crippen molar-refractivity contribution in [1.82, 2.24) is 14.3 Å². The smallest absolute Gasteiger partial charge is 0.350 e. The standard InChI is InChI=1S/C22H21ClF4N4O4/c1-10(32)19-29-31(21(34)30(19)4)16-9-17(35-11(2)22(3,26)27)12(8-15(16)25)20(33)28-18-13(23)6-5-7-14(18)24/h5-11,32H,1-4H3,(H,28,33)/t10-,11-/m0/s1. The number of benzene rings is 2. The summed E-state index contributed by atoms with van der Waals surface area (Å²) in [7, 11) is 1.29. The van der Waals surface area contributed by atoms with E-state index in [1.807, 2.05) is 0 Å². The van der Waals surface area contributed by atoms with Gasteiger partial charge in [0.2, 0.25) is 0 Å². The third kappa shape index (κ3) is 5.33. The molecule has 0 aliphatic heterocycles. The fourth-order valence-corrected chi connectivity index (χ4v) is 3.26. The van der Waals surface area contributed by atoms with E-state index < -0.39 is 64.0 Å². The maximum Gasteiger partial charge on any atom is 0.350 e. The zero-order valence-electron chi connectivity index (χ0n) is 18.9. The van der Waals surface area contributed by atoms with Crippen LogP contribution in [0.5, 0.6) is 5.75 Å². The van der Waals surface area contributed by atoms with Crippen molar-refractivity contribution in [2.45, 2.75) is 38.9 Å². The molecular formula is C22H21ClF4N4O4. The van der Waals surface area contributed by atoms with Gasteiger partial charge in [-0.25, -0.2) is 22.4 Å². The van der Waals surface area contributed by atoms with Gasteiger partial charge >= 0.3 is 5.69 Å². The van der Waals surface area contributed by atoms with Crippen molar-refractivity contribution in [3.63, 3.8) is 0 Å². The number of hydrogen-bond donors (Lipinski definition) is 2. The number of nitrogens with zero attached hydrogens (tertiary/aromatic N) is 3. The van der Waals surface area contributed by atoms with E-state index in [2.05, 4.69) is 10.4 Å². The molecule has 1 heterocycles. The lowest BCUT2D eigenvalue weighted by atomic mass is 10.1. The Morgan fingerprint density at radius 3 is 2.43 bits per heavy atom. The molecule has 3 aromatic rings. The van der Waals surface area contributed by atoms with E-state index in [-0.39, 0.29) is 10.8 Å². The average molecular weight is 517 g/mol. The van der Waals surface area contributed by atoms with Crippen molar-refractivity contribution >= 4 is 23.2 Å². The summed E-state index contributed by atoms with van der Waals surface area (Å²) in [4.78, 5) is 25.5. The van der Waals surface area contributed by atoms with E-state index in [0.717, 1.165) is 23.6 Å². The first kappa shape index (κ1) is 26.2. The summed E-state index contributed by atoms with van der Waals surface area (Å²) in [5, 5.41) is 15.7. The lowest BCUT2D eigenvalue weighted by Gasteiger charge is -2.23. The van der Waals surface area contributed by atoms with E-state index in [1.165, 1.54) is 26.1 Å². The van der Waals surface area contributed by atoms with Gasteiger partial charge in [-0.2, -0.15) is 4.68 Å². The quantitative estimate of drug-likeness (QED) is 0.458. The van der Waals surface area contributed by atoms with Crippen LogP contribution >= 0.6 is 11.6 Å². The lowest BCUT2D eigenvalue weighted by molar-refractivity contribution is -0.0719. The molecule has 0 aliphatic rings. The minimum Gasteiger partial charge on any atom is -0.484 e. The van der Waals surface area contributed by atoms with Crippen LogP contribution in [0.25, 0.3) is 5.69 Å². The predicted octanol–water partition coefficient (Wildman–Crippen LogP) is 4.23. The van der Waals surface area contributed by atoms with Crippen molar-refractivity contribution in [3.8, 4) is 11.4 Å². The minimum atomic E-state index is -3.36. The molecule has 1 amide bonds. The molecule has 35 heavy (non-hydrogen) atoms. The number of rotatable bonds is 7. The van der Waals surface area contributed by atoms with Gasteiger partial charge in [-0.15, -0.1) is 5.10 Å². The summed E-state index contributed by atoms with van der Waals surface area (Å²) < 4.78 is 63.7. The molecular weight excluding hydrogens is 496 g/mol. The highest BCUT2D eigenvalue weighted by molar-refractivity contribution is 6.34. The lowest BCUT2D eigenvalue weighted by Crippen LogP contribution is -2.33. The van der Waals surface area contributed by atoms with Gasteiger partial charge in [0, 0.05) is 20.0 Å². The van der Waals surface area contributed by atoms with Gasteiger partial charge in [-0.3, -0.25) is 9.36 Å². The molecule has 2 N–H and O–H groups in total. The zero-order chi connectivity index (χ0) is 26.2. The van der Waals surface area contributed by atoms with Gasteiger partial charge in [-0.1, -0.05) is 17.7 Å². The highest BCUT2D eigenvalue weighted by Crippen LogP contribution is 2.32. The number of alkyl halides is 2. The molecule has 0 aliphatic carbocycles. The van der Waals surface area contributed by atoms with Crippen LogP contribution in [0, 0.1) is 11.6 Å². The van der Waals surface area contributed by atoms with E-state index in [0.29, 0.717) is 17.7 Å². The van der Waals surface area contributed by atoms with Gasteiger partial charge in [0.1, 0.15) is 29.2 Å². The number of aliphatic hydroxyl groups is 1. The Kier molecular flexibility index (Phi) is 7.27. The molecule has 3 rings (SSSR count). The van der Waals surface area contributed by atoms with Crippen LogP contribution in [0.1, 0.15) is 43.1 Å². The molecule has 0 bridgehead atoms. The van der Waals surface area contributed by atoms with E-state index in [9.17, 15) is 27.9 Å². The van der Waals surface area contributed by atoms with Crippen molar-refractivity contribution in [2.75, 3.05) is 5.32 Å². The first-order valence-electron chi connectivity index (χ1n) is 10.2. The first-order valence-corrected chi connectivity index (χ1v) is 10.6. The number of anilines is 1. The summed E-state index contributed by atoms with van der Waals surface area (Å²) >= 11 is 5.91. The Hall–Kier alpha value is -3.38. The molecule has 0 spiro atoms. The van der Waals surface area contributed by atoms with Gasteiger partial charge in [0.15, 0.2) is 11.9 Å². The molecule has 0 unspecified atom stereocenters. The topological polar surface area (TPSA) is 98.4 Å². The van der Waals surface area contributed by atoms with Crippen molar-refractivity contribution < 1.29 is 32.2 Å². The SMILES string of the molecule is C[C@H](O)c1nn(-c2cc(O[C@@H](C)C(C)(F)F)c(C(=O)Nc3c(F)cccc3Cl)cc2F)c(=O)n1C. The maximum absolute atomic E-state index is 15.1. The van der Waals surface area contributed by atoms with Crippen LogP contribution in [0.3, 0.4) is 0 Å². The molecule has 0 saturated carbocycles. The third-order valence-electron chi connectivity index (χ3n) is 5.13. The number of nitrogens with one attached hydrogen (secondary N) is 1. The largest absolute Gasteiger partial charge is 0.484 e. The Bertz CT molecular complexity index is 1310.